The predicted molar refractivity (Wildman–Crippen MR) is 91.5 cm³/mol. The molecule has 2 aliphatic rings. The van der Waals surface area contributed by atoms with Crippen molar-refractivity contribution < 1.29 is 19.1 Å². The number of carbonyl (C=O) groups is 3. The molecule has 0 radical (unpaired) electrons. The van der Waals surface area contributed by atoms with Crippen LogP contribution in [-0.2, 0) is 20.8 Å². The molecule has 3 amide bonds. The van der Waals surface area contributed by atoms with Crippen molar-refractivity contribution in [2.24, 2.45) is 5.10 Å². The maximum Gasteiger partial charge on any atom is 0.267 e. The van der Waals surface area contributed by atoms with E-state index in [4.69, 9.17) is 4.74 Å². The van der Waals surface area contributed by atoms with Crippen LogP contribution in [0.2, 0.25) is 0 Å². The van der Waals surface area contributed by atoms with Crippen molar-refractivity contribution in [2.45, 2.75) is 25.7 Å². The van der Waals surface area contributed by atoms with Crippen molar-refractivity contribution in [3.05, 3.63) is 23.8 Å². The second kappa shape index (κ2) is 7.33. The zero-order chi connectivity index (χ0) is 17.8. The fourth-order valence-electron chi connectivity index (χ4n) is 2.71. The highest BCUT2D eigenvalue weighted by molar-refractivity contribution is 6.39. The molecule has 8 nitrogen and oxygen atoms in total. The highest BCUT2D eigenvalue weighted by Crippen LogP contribution is 2.31. The van der Waals surface area contributed by atoms with Crippen LogP contribution in [0.4, 0.5) is 5.69 Å². The van der Waals surface area contributed by atoms with Crippen molar-refractivity contribution in [3.8, 4) is 5.75 Å². The lowest BCUT2D eigenvalue weighted by Crippen LogP contribution is -2.37. The number of benzene rings is 1. The maximum absolute atomic E-state index is 12.0. The van der Waals surface area contributed by atoms with Crippen LogP contribution in [-0.4, -0.2) is 43.6 Å². The Balaban J connectivity index is 1.59. The number of fused-ring (bicyclic) bond motifs is 1. The van der Waals surface area contributed by atoms with E-state index in [2.05, 4.69) is 15.8 Å². The summed E-state index contributed by atoms with van der Waals surface area (Å²) in [6.07, 6.45) is 1.59. The largest absolute Gasteiger partial charge is 0.491 e. The second-order valence-electron chi connectivity index (χ2n) is 5.95. The van der Waals surface area contributed by atoms with Crippen LogP contribution in [0.25, 0.3) is 0 Å². The van der Waals surface area contributed by atoms with E-state index in [1.165, 1.54) is 0 Å². The Morgan fingerprint density at radius 3 is 2.92 bits per heavy atom. The SMILES string of the molecule is CN1C(=O)CCOc2ccc(CCNC(=O)C3=NNC(=O)CC3)cc21. The molecule has 1 aromatic rings. The first-order chi connectivity index (χ1) is 12.0. The molecule has 0 spiro atoms. The first-order valence-corrected chi connectivity index (χ1v) is 8.20. The summed E-state index contributed by atoms with van der Waals surface area (Å²) in [5, 5.41) is 6.56. The topological polar surface area (TPSA) is 100 Å². The van der Waals surface area contributed by atoms with Crippen LogP contribution in [0.1, 0.15) is 24.8 Å². The van der Waals surface area contributed by atoms with Crippen LogP contribution >= 0.6 is 0 Å². The van der Waals surface area contributed by atoms with Crippen LogP contribution in [0.3, 0.4) is 0 Å². The average molecular weight is 344 g/mol. The smallest absolute Gasteiger partial charge is 0.267 e. The van der Waals surface area contributed by atoms with E-state index in [1.54, 1.807) is 11.9 Å². The van der Waals surface area contributed by atoms with E-state index in [0.717, 1.165) is 11.3 Å². The third-order valence-corrected chi connectivity index (χ3v) is 4.20. The molecule has 2 aliphatic heterocycles. The normalized spacial score (nSPS) is 17.0. The highest BCUT2D eigenvalue weighted by atomic mass is 16.5. The van der Waals surface area contributed by atoms with Crippen LogP contribution in [0.5, 0.6) is 5.75 Å². The summed E-state index contributed by atoms with van der Waals surface area (Å²) in [5.74, 6) is 0.253. The van der Waals surface area contributed by atoms with Crippen molar-refractivity contribution in [2.75, 3.05) is 25.1 Å². The molecule has 8 heteroatoms. The highest BCUT2D eigenvalue weighted by Gasteiger charge is 2.20. The quantitative estimate of drug-likeness (QED) is 0.823. The van der Waals surface area contributed by atoms with Crippen LogP contribution < -0.4 is 20.4 Å². The molecule has 132 valence electrons. The van der Waals surface area contributed by atoms with Crippen molar-refractivity contribution >= 4 is 29.1 Å². The fraction of sp³-hybridized carbons (Fsp3) is 0.412. The Morgan fingerprint density at radius 2 is 2.16 bits per heavy atom. The molecule has 0 saturated carbocycles. The van der Waals surface area contributed by atoms with Gasteiger partial charge >= 0.3 is 0 Å². The Hall–Kier alpha value is -2.90. The van der Waals surface area contributed by atoms with Crippen molar-refractivity contribution in [3.63, 3.8) is 0 Å². The molecule has 0 unspecified atom stereocenters. The molecule has 0 fully saturated rings. The van der Waals surface area contributed by atoms with Crippen molar-refractivity contribution in [1.29, 1.82) is 0 Å². The molecular weight excluding hydrogens is 324 g/mol. The minimum Gasteiger partial charge on any atom is -0.491 e. The first-order valence-electron chi connectivity index (χ1n) is 8.20. The molecular formula is C17H20N4O4. The number of rotatable bonds is 4. The van der Waals surface area contributed by atoms with Gasteiger partial charge in [0.25, 0.3) is 5.91 Å². The third-order valence-electron chi connectivity index (χ3n) is 4.20. The van der Waals surface area contributed by atoms with Gasteiger partial charge in [-0.3, -0.25) is 14.4 Å². The van der Waals surface area contributed by atoms with E-state index in [9.17, 15) is 14.4 Å². The second-order valence-corrected chi connectivity index (χ2v) is 5.95. The Morgan fingerprint density at radius 1 is 1.32 bits per heavy atom. The summed E-state index contributed by atoms with van der Waals surface area (Å²) in [5.41, 5.74) is 4.37. The lowest BCUT2D eigenvalue weighted by atomic mass is 10.1. The number of anilines is 1. The molecule has 0 atom stereocenters. The van der Waals surface area contributed by atoms with E-state index in [1.807, 2.05) is 18.2 Å². The third kappa shape index (κ3) is 3.96. The maximum atomic E-state index is 12.0. The van der Waals surface area contributed by atoms with Crippen molar-refractivity contribution in [1.82, 2.24) is 10.7 Å². The number of hydrazone groups is 1. The van der Waals surface area contributed by atoms with E-state index < -0.39 is 0 Å². The summed E-state index contributed by atoms with van der Waals surface area (Å²) < 4.78 is 5.59. The predicted octanol–water partition coefficient (Wildman–Crippen LogP) is 0.357. The molecule has 1 aromatic carbocycles. The van der Waals surface area contributed by atoms with Gasteiger partial charge < -0.3 is 15.0 Å². The van der Waals surface area contributed by atoms with Gasteiger partial charge in [-0.25, -0.2) is 5.43 Å². The number of carbonyl (C=O) groups excluding carboxylic acids is 3. The number of hydrogen-bond acceptors (Lipinski definition) is 5. The molecule has 25 heavy (non-hydrogen) atoms. The molecule has 0 aromatic heterocycles. The zero-order valence-electron chi connectivity index (χ0n) is 14.0. The summed E-state index contributed by atoms with van der Waals surface area (Å²) >= 11 is 0. The molecule has 2 N–H and O–H groups in total. The average Bonchev–Trinajstić information content (AvgIpc) is 2.75. The number of ether oxygens (including phenoxy) is 1. The summed E-state index contributed by atoms with van der Waals surface area (Å²) in [7, 11) is 1.73. The van der Waals surface area contributed by atoms with Gasteiger partial charge in [0.2, 0.25) is 11.8 Å². The Kier molecular flexibility index (Phi) is 4.97. The lowest BCUT2D eigenvalue weighted by molar-refractivity contribution is -0.121. The molecule has 0 saturated heterocycles. The lowest BCUT2D eigenvalue weighted by Gasteiger charge is -2.17. The van der Waals surface area contributed by atoms with E-state index in [0.29, 0.717) is 43.9 Å². The minimum absolute atomic E-state index is 0.0153. The van der Waals surface area contributed by atoms with Gasteiger partial charge in [0.15, 0.2) is 0 Å². The number of nitrogens with zero attached hydrogens (tertiary/aromatic N) is 2. The van der Waals surface area contributed by atoms with E-state index in [-0.39, 0.29) is 24.1 Å². The van der Waals surface area contributed by atoms with Crippen LogP contribution in [0, 0.1) is 0 Å². The Labute approximate surface area is 145 Å². The monoisotopic (exact) mass is 344 g/mol. The van der Waals surface area contributed by atoms with Gasteiger partial charge in [-0.15, -0.1) is 0 Å². The Bertz CT molecular complexity index is 744. The molecule has 3 rings (SSSR count). The van der Waals surface area contributed by atoms with Gasteiger partial charge in [0, 0.05) is 26.4 Å². The summed E-state index contributed by atoms with van der Waals surface area (Å²) in [6.45, 7) is 0.813. The number of hydrogen-bond donors (Lipinski definition) is 2. The molecule has 2 heterocycles. The summed E-state index contributed by atoms with van der Waals surface area (Å²) in [6, 6.07) is 5.68. The standard InChI is InChI=1S/C17H20N4O4/c1-21-13-10-11(2-4-14(13)25-9-7-16(21)23)6-8-18-17(24)12-3-5-15(22)20-19-12/h2,4,10H,3,5-9H2,1H3,(H,18,24)(H,20,22). The first kappa shape index (κ1) is 16.9. The van der Waals surface area contributed by atoms with Gasteiger partial charge in [-0.2, -0.15) is 5.10 Å². The number of nitrogens with one attached hydrogen (secondary N) is 2. The molecule has 0 bridgehead atoms. The van der Waals surface area contributed by atoms with Gasteiger partial charge in [-0.1, -0.05) is 6.07 Å². The zero-order valence-corrected chi connectivity index (χ0v) is 14.0. The molecule has 0 aliphatic carbocycles. The summed E-state index contributed by atoms with van der Waals surface area (Å²) in [4.78, 5) is 36.6. The number of amides is 3. The van der Waals surface area contributed by atoms with Crippen LogP contribution in [0.15, 0.2) is 23.3 Å². The minimum atomic E-state index is -0.273. The van der Waals surface area contributed by atoms with Gasteiger partial charge in [0.1, 0.15) is 11.5 Å². The fourth-order valence-corrected chi connectivity index (χ4v) is 2.71. The van der Waals surface area contributed by atoms with Gasteiger partial charge in [-0.05, 0) is 24.1 Å². The van der Waals surface area contributed by atoms with E-state index >= 15 is 0 Å². The van der Waals surface area contributed by atoms with Gasteiger partial charge in [0.05, 0.1) is 18.7 Å².